The lowest BCUT2D eigenvalue weighted by molar-refractivity contribution is -0.134. The van der Waals surface area contributed by atoms with Crippen molar-refractivity contribution in [2.45, 2.75) is 73.2 Å². The Morgan fingerprint density at radius 2 is 0.895 bits per heavy atom. The molecule has 2 aliphatic rings. The fraction of sp³-hybridized carbons (Fsp3) is 0.403. The third kappa shape index (κ3) is 30.5. The fourth-order valence-electron chi connectivity index (χ4n) is 7.52. The summed E-state index contributed by atoms with van der Waals surface area (Å²) in [5.41, 5.74) is 21.0. The number of imide groups is 1. The lowest BCUT2D eigenvalue weighted by Gasteiger charge is -2.27. The smallest absolute Gasteiger partial charge is 0.349 e. The number of esters is 2. The molecule has 95 heavy (non-hydrogen) atoms. The zero-order chi connectivity index (χ0) is 86.8. The monoisotopic (exact) mass is 1450 g/mol. The number of carboxylic acids is 1. The van der Waals surface area contributed by atoms with Crippen LogP contribution < -0.4 is 62.0 Å². The van der Waals surface area contributed by atoms with E-state index in [4.69, 9.17) is 85.9 Å². The first-order valence-corrected chi connectivity index (χ1v) is 32.6. The second-order valence-electron chi connectivity index (χ2n) is 18.7. The van der Waals surface area contributed by atoms with E-state index in [1.807, 2.05) is 13.8 Å². The molecule has 11 N–H and O–H groups in total. The van der Waals surface area contributed by atoms with Crippen molar-refractivity contribution < 1.29 is 122 Å². The number of rotatable bonds is 21. The Labute approximate surface area is 595 Å². The summed E-state index contributed by atoms with van der Waals surface area (Å²) in [5.74, 6) is -8.80. The van der Waals surface area contributed by atoms with Crippen LogP contribution in [0, 0.1) is 0 Å². The summed E-state index contributed by atoms with van der Waals surface area (Å²) < 4.78 is 241. The molecule has 0 aromatic heterocycles. The van der Waals surface area contributed by atoms with Crippen molar-refractivity contribution in [1.82, 2.24) is 4.90 Å². The number of nitrogens with one attached hydrogen (secondary N) is 2. The normalized spacial score (nSPS) is 17.1. The third-order valence-corrected chi connectivity index (χ3v) is 13.2. The van der Waals surface area contributed by atoms with E-state index in [0.29, 0.717) is 10.6 Å². The number of nitrogens with zero attached hydrogens (tertiary/aromatic N) is 1. The van der Waals surface area contributed by atoms with Crippen LogP contribution in [0.2, 0.25) is 0 Å². The van der Waals surface area contributed by atoms with Crippen LogP contribution in [-0.4, -0.2) is 167 Å². The maximum absolute atomic E-state index is 13.5. The van der Waals surface area contributed by atoms with Crippen LogP contribution in [0.25, 0.3) is 0 Å². The average molecular weight is 1450 g/mol. The minimum atomic E-state index is -4.06. The van der Waals surface area contributed by atoms with E-state index in [9.17, 15) is 54.0 Å². The van der Waals surface area contributed by atoms with E-state index >= 15 is 0 Å². The van der Waals surface area contributed by atoms with Gasteiger partial charge in [0.25, 0.3) is 17.8 Å². The molecule has 3 atom stereocenters. The Balaban J connectivity index is 0. The molecule has 0 spiro atoms. The Morgan fingerprint density at radius 1 is 0.558 bits per heavy atom. The molecule has 0 radical (unpaired) electrons. The average Bonchev–Trinajstić information content (AvgIpc) is 1.59. The minimum absolute atomic E-state index is 0. The van der Waals surface area contributed by atoms with Gasteiger partial charge in [-0.05, 0) is 111 Å². The molecule has 7 rings (SSSR count). The number of amides is 4. The first-order chi connectivity index (χ1) is 50.2. The van der Waals surface area contributed by atoms with Crippen LogP contribution in [-0.2, 0) is 48.6 Å². The second kappa shape index (κ2) is 43.1. The maximum atomic E-state index is 13.5. The zero-order valence-corrected chi connectivity index (χ0v) is 57.7. The van der Waals surface area contributed by atoms with Gasteiger partial charge in [0.2, 0.25) is 11.8 Å². The number of hydrogen-bond donors (Lipinski definition) is 7. The van der Waals surface area contributed by atoms with Gasteiger partial charge in [0.1, 0.15) is 29.5 Å². The molecule has 0 bridgehead atoms. The number of fused-ring (bicyclic) bond motifs is 2. The summed E-state index contributed by atoms with van der Waals surface area (Å²) in [7, 11) is -7.48. The Hall–Kier alpha value is -8.02. The summed E-state index contributed by atoms with van der Waals surface area (Å²) >= 11 is 0. The number of carbonyl (C=O) groups is 7. The number of aliphatic carboxylic acids is 1. The van der Waals surface area contributed by atoms with Gasteiger partial charge in [0.15, 0.2) is 34.5 Å². The van der Waals surface area contributed by atoms with Gasteiger partial charge in [-0.1, -0.05) is 44.2 Å². The van der Waals surface area contributed by atoms with Gasteiger partial charge in [-0.25, -0.2) is 34.8 Å². The number of benzene rings is 5. The third-order valence-electron chi connectivity index (χ3n) is 10.8. The van der Waals surface area contributed by atoms with E-state index in [-0.39, 0.29) is 106 Å². The van der Waals surface area contributed by atoms with Crippen LogP contribution >= 0.6 is 27.0 Å². The number of nitrogens with two attached hydrogens (primary N) is 4. The Kier molecular flexibility index (Phi) is 27.5. The SMILES string of the molecule is CC(=O)Nc1cccc2c1C(=O)OC2=O.CC(=O)O.CCN.CCN.S.S.[2H]C(N)(CS(C)(=O)=O)c1ccc(OC)c(OC([2H])([2H])C([2H])([2H])[2H])c1.[2H]C([2H])([2H])C([2H])([2H])Oc1cc([C@@]([2H])(CS(C)(=O)=O)N2C(=O)c3cccc(NC(C)=O)c3C2=O)ccc1OC.[2H]C([2H])([2H])C([2H])([2H])Oc1cc([C@]([2H])(N)CS(C)(=O)=O)ccc1OC. The molecule has 5 aromatic carbocycles. The van der Waals surface area contributed by atoms with Crippen LogP contribution in [0.4, 0.5) is 11.4 Å². The summed E-state index contributed by atoms with van der Waals surface area (Å²) in [5, 5.41) is 12.3. The number of anilines is 2. The number of hydrogen-bond acceptors (Lipinski definition) is 24. The summed E-state index contributed by atoms with van der Waals surface area (Å²) in [4.78, 5) is 81.3. The highest BCUT2D eigenvalue weighted by Gasteiger charge is 2.43. The first-order valence-electron chi connectivity index (χ1n) is 35.5. The molecule has 0 fully saturated rings. The van der Waals surface area contributed by atoms with Crippen LogP contribution in [0.1, 0.15) is 156 Å². The number of cyclic esters (lactones) is 2. The van der Waals surface area contributed by atoms with E-state index in [1.165, 1.54) is 89.8 Å². The molecule has 0 saturated carbocycles. The predicted octanol–water partition coefficient (Wildman–Crippen LogP) is 5.91. The molecule has 33 heteroatoms. The lowest BCUT2D eigenvalue weighted by atomic mass is 10.1. The standard InChI is InChI=1S/C22H24N2O7S.2C12H19NO4S.C10H7NO4.2C2H7N.C2H4O2.2H2S/c1-5-31-19-11-14(9-10-18(19)30-3)17(12-32(4,28)29)24-21(26)15-7-6-8-16(23-13(2)25)20(15)22(24)27;2*1-4-17-12-7-9(5-6-11(12)16-2)10(13)8-18(3,14)15;1-5(12)11-7-4-2-3-6-8(7)10(14)15-9(6)13;2*1-2-3;1-2(3)4;;/h6-11,17H,5,12H2,1-4H3,(H,23,25);2*5-7,10H,4,8,13H2,1-3H3;2-4H,1H3,(H,11,12);2*2-3H2,1H3;1H3,(H,3,4);2*1H2/t17-;10-;;;;;;;/m11......./s1/i1D3,5D2,17D;2*1D3,4D2,10D;;;;;;. The number of ether oxygens (including phenoxy) is 7. The molecule has 1 unspecified atom stereocenters. The molecule has 4 amide bonds. The number of sulfone groups is 3. The molecular weight excluding hydrogens is 1340 g/mol. The highest BCUT2D eigenvalue weighted by Crippen LogP contribution is 2.39. The van der Waals surface area contributed by atoms with Gasteiger partial charge in [0, 0.05) is 63.9 Å². The zero-order valence-electron chi connectivity index (χ0n) is 71.3. The highest BCUT2D eigenvalue weighted by atomic mass is 32.2. The lowest BCUT2D eigenvalue weighted by Crippen LogP contribution is -2.37. The summed E-state index contributed by atoms with van der Waals surface area (Å²) in [6.45, 7) is -9.73. The molecular formula is C62H91N7O21S5. The number of methoxy groups -OCH3 is 3. The molecule has 2 aliphatic heterocycles. The Morgan fingerprint density at radius 3 is 1.23 bits per heavy atom. The van der Waals surface area contributed by atoms with Crippen LogP contribution in [0.15, 0.2) is 91.0 Å². The Bertz CT molecular complexity index is 4420. The van der Waals surface area contributed by atoms with Crippen molar-refractivity contribution in [3.05, 3.63) is 130 Å². The largest absolute Gasteiger partial charge is 0.493 e. The topological polar surface area (TPSA) is 438 Å². The van der Waals surface area contributed by atoms with Gasteiger partial charge in [-0.15, -0.1) is 0 Å². The highest BCUT2D eigenvalue weighted by molar-refractivity contribution is 7.91. The summed E-state index contributed by atoms with van der Waals surface area (Å²) in [6.07, 6.45) is 2.65. The van der Waals surface area contributed by atoms with Crippen molar-refractivity contribution in [3.8, 4) is 34.5 Å². The van der Waals surface area contributed by atoms with Crippen molar-refractivity contribution in [2.75, 3.05) is 101 Å². The molecule has 28 nitrogen and oxygen atoms in total. The van der Waals surface area contributed by atoms with Gasteiger partial charge >= 0.3 is 11.9 Å². The van der Waals surface area contributed by atoms with Crippen LogP contribution in [0.3, 0.4) is 0 Å². The van der Waals surface area contributed by atoms with E-state index in [0.717, 1.165) is 63.0 Å². The minimum Gasteiger partial charge on any atom is -0.493 e. The first kappa shape index (κ1) is 60.6. The molecule has 5 aromatic rings. The van der Waals surface area contributed by atoms with E-state index in [1.54, 1.807) is 12.1 Å². The van der Waals surface area contributed by atoms with Gasteiger partial charge in [-0.2, -0.15) is 27.0 Å². The molecule has 0 saturated heterocycles. The predicted molar refractivity (Wildman–Crippen MR) is 373 cm³/mol. The van der Waals surface area contributed by atoms with Gasteiger partial charge in [-0.3, -0.25) is 28.9 Å². The van der Waals surface area contributed by atoms with Crippen molar-refractivity contribution in [1.29, 1.82) is 0 Å². The quantitative estimate of drug-likeness (QED) is 0.0255. The summed E-state index contributed by atoms with van der Waals surface area (Å²) in [6, 6.07) is 12.7. The van der Waals surface area contributed by atoms with Crippen molar-refractivity contribution in [3.63, 3.8) is 0 Å². The maximum Gasteiger partial charge on any atom is 0.349 e. The van der Waals surface area contributed by atoms with E-state index < -0.39 is 146 Å². The molecule has 530 valence electrons. The molecule has 0 aliphatic carbocycles. The fourth-order valence-corrected chi connectivity index (χ4v) is 9.78. The van der Waals surface area contributed by atoms with Crippen molar-refractivity contribution in [2.24, 2.45) is 22.9 Å². The van der Waals surface area contributed by atoms with E-state index in [2.05, 4.69) is 15.4 Å². The number of carboxylic acid groups (broad SMARTS) is 1. The van der Waals surface area contributed by atoms with Gasteiger partial charge < -0.3 is 71.8 Å². The van der Waals surface area contributed by atoms with Crippen LogP contribution in [0.5, 0.6) is 34.5 Å². The van der Waals surface area contributed by atoms with Gasteiger partial charge in [0.05, 0.1) is 110 Å². The second-order valence-corrected chi connectivity index (χ2v) is 25.1. The molecule has 2 heterocycles. The number of carbonyl (C=O) groups excluding carboxylic acids is 6. The van der Waals surface area contributed by atoms with Crippen molar-refractivity contribution >= 4 is 109 Å².